The van der Waals surface area contributed by atoms with E-state index >= 15 is 0 Å². The zero-order valence-electron chi connectivity index (χ0n) is 12.5. The van der Waals surface area contributed by atoms with Crippen LogP contribution in [0.2, 0.25) is 0 Å². The van der Waals surface area contributed by atoms with E-state index in [1.54, 1.807) is 6.07 Å². The Labute approximate surface area is 132 Å². The minimum Gasteiger partial charge on any atom is -0.484 e. The van der Waals surface area contributed by atoms with Gasteiger partial charge in [0.2, 0.25) is 0 Å². The van der Waals surface area contributed by atoms with Crippen LogP contribution in [0, 0.1) is 0 Å². The van der Waals surface area contributed by atoms with Crippen molar-refractivity contribution in [2.75, 3.05) is 11.9 Å². The average molecular weight is 323 g/mol. The van der Waals surface area contributed by atoms with Crippen LogP contribution < -0.4 is 10.1 Å². The number of carbonyl (C=O) groups excluding carboxylic acids is 1. The maximum absolute atomic E-state index is 12.4. The first-order valence-corrected chi connectivity index (χ1v) is 7.08. The van der Waals surface area contributed by atoms with Gasteiger partial charge in [0.05, 0.1) is 5.56 Å². The van der Waals surface area contributed by atoms with Crippen LogP contribution in [0.5, 0.6) is 5.75 Å². The second-order valence-electron chi connectivity index (χ2n) is 4.87. The summed E-state index contributed by atoms with van der Waals surface area (Å²) in [5.74, 6) is -0.164. The molecule has 0 aliphatic rings. The second-order valence-corrected chi connectivity index (χ2v) is 4.87. The lowest BCUT2D eigenvalue weighted by Crippen LogP contribution is -2.20. The first-order chi connectivity index (χ1) is 10.9. The van der Waals surface area contributed by atoms with Gasteiger partial charge in [0.25, 0.3) is 5.91 Å². The van der Waals surface area contributed by atoms with Gasteiger partial charge in [-0.15, -0.1) is 0 Å². The quantitative estimate of drug-likeness (QED) is 0.891. The molecule has 0 atom stereocenters. The van der Waals surface area contributed by atoms with Gasteiger partial charge in [-0.05, 0) is 42.3 Å². The third-order valence-electron chi connectivity index (χ3n) is 3.22. The molecule has 0 unspecified atom stereocenters. The fourth-order valence-electron chi connectivity index (χ4n) is 2.03. The molecule has 6 heteroatoms. The Kier molecular flexibility index (Phi) is 5.26. The standard InChI is InChI=1S/C17H16F3NO2/c1-2-12-5-3-4-6-15(12)21-16(22)11-23-14-9-7-13(8-10-14)17(18,19)20/h3-10H,2,11H2,1H3,(H,21,22). The van der Waals surface area contributed by atoms with Crippen LogP contribution in [0.3, 0.4) is 0 Å². The molecule has 3 nitrogen and oxygen atoms in total. The molecule has 2 rings (SSSR count). The van der Waals surface area contributed by atoms with Crippen molar-refractivity contribution in [3.8, 4) is 5.75 Å². The molecule has 0 aliphatic heterocycles. The molecule has 0 bridgehead atoms. The van der Waals surface area contributed by atoms with Gasteiger partial charge in [-0.25, -0.2) is 0 Å². The zero-order chi connectivity index (χ0) is 16.9. The largest absolute Gasteiger partial charge is 0.484 e. The summed E-state index contributed by atoms with van der Waals surface area (Å²) in [7, 11) is 0. The van der Waals surface area contributed by atoms with Gasteiger partial charge >= 0.3 is 6.18 Å². The summed E-state index contributed by atoms with van der Waals surface area (Å²) in [6.45, 7) is 1.70. The van der Waals surface area contributed by atoms with E-state index in [1.165, 1.54) is 12.1 Å². The van der Waals surface area contributed by atoms with Crippen LogP contribution in [-0.2, 0) is 17.4 Å². The molecule has 0 fully saturated rings. The van der Waals surface area contributed by atoms with Crippen molar-refractivity contribution in [2.45, 2.75) is 19.5 Å². The van der Waals surface area contributed by atoms with Crippen LogP contribution in [0.15, 0.2) is 48.5 Å². The summed E-state index contributed by atoms with van der Waals surface area (Å²) in [5, 5.41) is 2.72. The van der Waals surface area contributed by atoms with Gasteiger partial charge in [0.1, 0.15) is 5.75 Å². The number of hydrogen-bond donors (Lipinski definition) is 1. The lowest BCUT2D eigenvalue weighted by Gasteiger charge is -2.11. The molecule has 0 heterocycles. The third kappa shape index (κ3) is 4.74. The Morgan fingerprint density at radius 1 is 1.09 bits per heavy atom. The topological polar surface area (TPSA) is 38.3 Å². The molecule has 0 aromatic heterocycles. The molecule has 0 radical (unpaired) electrons. The summed E-state index contributed by atoms with van der Waals surface area (Å²) in [6.07, 6.45) is -3.62. The number of benzene rings is 2. The van der Waals surface area contributed by atoms with Crippen molar-refractivity contribution in [2.24, 2.45) is 0 Å². The Morgan fingerprint density at radius 3 is 2.35 bits per heavy atom. The predicted molar refractivity (Wildman–Crippen MR) is 81.4 cm³/mol. The second kappa shape index (κ2) is 7.17. The van der Waals surface area contributed by atoms with Crippen LogP contribution >= 0.6 is 0 Å². The number of para-hydroxylation sites is 1. The summed E-state index contributed by atoms with van der Waals surface area (Å²) >= 11 is 0. The SMILES string of the molecule is CCc1ccccc1NC(=O)COc1ccc(C(F)(F)F)cc1. The number of hydrogen-bond acceptors (Lipinski definition) is 2. The zero-order valence-corrected chi connectivity index (χ0v) is 12.5. The molecule has 0 aliphatic carbocycles. The van der Waals surface area contributed by atoms with Crippen LogP contribution in [0.4, 0.5) is 18.9 Å². The fourth-order valence-corrected chi connectivity index (χ4v) is 2.03. The first kappa shape index (κ1) is 16.9. The summed E-state index contributed by atoms with van der Waals surface area (Å²) in [4.78, 5) is 11.9. The molecule has 0 saturated carbocycles. The average Bonchev–Trinajstić information content (AvgIpc) is 2.53. The Bertz CT molecular complexity index is 666. The first-order valence-electron chi connectivity index (χ1n) is 7.08. The van der Waals surface area contributed by atoms with E-state index in [1.807, 2.05) is 25.1 Å². The molecule has 23 heavy (non-hydrogen) atoms. The highest BCUT2D eigenvalue weighted by molar-refractivity contribution is 5.92. The Balaban J connectivity index is 1.92. The van der Waals surface area contributed by atoms with Gasteiger partial charge < -0.3 is 10.1 Å². The lowest BCUT2D eigenvalue weighted by atomic mass is 10.1. The molecule has 2 aromatic carbocycles. The number of amides is 1. The van der Waals surface area contributed by atoms with Crippen molar-refractivity contribution >= 4 is 11.6 Å². The van der Waals surface area contributed by atoms with Gasteiger partial charge in [-0.2, -0.15) is 13.2 Å². The summed E-state index contributed by atoms with van der Waals surface area (Å²) in [6, 6.07) is 11.6. The number of aryl methyl sites for hydroxylation is 1. The van der Waals surface area contributed by atoms with Gasteiger partial charge in [0, 0.05) is 5.69 Å². The number of halogens is 3. The number of nitrogens with one attached hydrogen (secondary N) is 1. The normalized spacial score (nSPS) is 11.1. The number of ether oxygens (including phenoxy) is 1. The lowest BCUT2D eigenvalue weighted by molar-refractivity contribution is -0.137. The maximum atomic E-state index is 12.4. The fraction of sp³-hybridized carbons (Fsp3) is 0.235. The van der Waals surface area contributed by atoms with E-state index in [0.29, 0.717) is 5.69 Å². The molecule has 0 saturated heterocycles. The summed E-state index contributed by atoms with van der Waals surface area (Å²) < 4.78 is 42.5. The van der Waals surface area contributed by atoms with Crippen molar-refractivity contribution < 1.29 is 22.7 Å². The van der Waals surface area contributed by atoms with Crippen LogP contribution in [0.25, 0.3) is 0 Å². The number of rotatable bonds is 5. The van der Waals surface area contributed by atoms with Crippen molar-refractivity contribution in [3.63, 3.8) is 0 Å². The van der Waals surface area contributed by atoms with E-state index in [4.69, 9.17) is 4.74 Å². The van der Waals surface area contributed by atoms with Crippen molar-refractivity contribution in [1.29, 1.82) is 0 Å². The molecular formula is C17H16F3NO2. The predicted octanol–water partition coefficient (Wildman–Crippen LogP) is 4.29. The number of anilines is 1. The molecule has 1 amide bonds. The van der Waals surface area contributed by atoms with Gasteiger partial charge in [-0.3, -0.25) is 4.79 Å². The Morgan fingerprint density at radius 2 is 1.74 bits per heavy atom. The van der Waals surface area contributed by atoms with Gasteiger partial charge in [0.15, 0.2) is 6.61 Å². The van der Waals surface area contributed by atoms with Crippen LogP contribution in [-0.4, -0.2) is 12.5 Å². The minimum absolute atomic E-state index is 0.205. The van der Waals surface area contributed by atoms with Crippen molar-refractivity contribution in [3.05, 3.63) is 59.7 Å². The molecule has 0 spiro atoms. The van der Waals surface area contributed by atoms with E-state index in [0.717, 1.165) is 24.1 Å². The number of alkyl halides is 3. The maximum Gasteiger partial charge on any atom is 0.416 e. The van der Waals surface area contributed by atoms with E-state index < -0.39 is 11.7 Å². The molecule has 2 aromatic rings. The van der Waals surface area contributed by atoms with Crippen molar-refractivity contribution in [1.82, 2.24) is 0 Å². The van der Waals surface area contributed by atoms with Gasteiger partial charge in [-0.1, -0.05) is 25.1 Å². The van der Waals surface area contributed by atoms with E-state index in [-0.39, 0.29) is 18.3 Å². The minimum atomic E-state index is -4.39. The van der Waals surface area contributed by atoms with Crippen LogP contribution in [0.1, 0.15) is 18.1 Å². The highest BCUT2D eigenvalue weighted by Crippen LogP contribution is 2.30. The molecular weight excluding hydrogens is 307 g/mol. The highest BCUT2D eigenvalue weighted by Gasteiger charge is 2.30. The monoisotopic (exact) mass is 323 g/mol. The van der Waals surface area contributed by atoms with E-state index in [2.05, 4.69) is 5.32 Å². The third-order valence-corrected chi connectivity index (χ3v) is 3.22. The van der Waals surface area contributed by atoms with E-state index in [9.17, 15) is 18.0 Å². The Hall–Kier alpha value is -2.50. The summed E-state index contributed by atoms with van der Waals surface area (Å²) in [5.41, 5.74) is 0.942. The highest BCUT2D eigenvalue weighted by atomic mass is 19.4. The number of carbonyl (C=O) groups is 1. The molecule has 122 valence electrons. The smallest absolute Gasteiger partial charge is 0.416 e. The molecule has 1 N–H and O–H groups in total.